The predicted molar refractivity (Wildman–Crippen MR) is 99.1 cm³/mol. The summed E-state index contributed by atoms with van der Waals surface area (Å²) >= 11 is 5.87. The van der Waals surface area contributed by atoms with Gasteiger partial charge in [0.1, 0.15) is 11.6 Å². The number of aromatic nitrogens is 2. The number of rotatable bonds is 9. The first-order valence-corrected chi connectivity index (χ1v) is 8.65. The van der Waals surface area contributed by atoms with Crippen LogP contribution in [0.4, 0.5) is 0 Å². The molecule has 0 atom stereocenters. The summed E-state index contributed by atoms with van der Waals surface area (Å²) in [5.41, 5.74) is 2.08. The zero-order chi connectivity index (χ0) is 17.5. The molecule has 0 fully saturated rings. The van der Waals surface area contributed by atoms with Crippen LogP contribution in [0.5, 0.6) is 5.75 Å². The fraction of sp³-hybridized carbons (Fsp3) is 0.263. The Morgan fingerprint density at radius 2 is 1.96 bits per heavy atom. The average Bonchev–Trinajstić information content (AvgIpc) is 2.98. The van der Waals surface area contributed by atoms with Crippen LogP contribution in [-0.4, -0.2) is 29.1 Å². The van der Waals surface area contributed by atoms with Gasteiger partial charge in [-0.05, 0) is 42.8 Å². The van der Waals surface area contributed by atoms with E-state index in [1.807, 2.05) is 42.5 Å². The largest absolute Gasteiger partial charge is 0.494 e. The normalized spacial score (nSPS) is 10.8. The number of nitrogens with zero attached hydrogens (tertiary/aromatic N) is 2. The second-order valence-electron chi connectivity index (χ2n) is 5.65. The number of ether oxygens (including phenoxy) is 1. The second-order valence-corrected chi connectivity index (χ2v) is 6.08. The van der Waals surface area contributed by atoms with Gasteiger partial charge in [0.05, 0.1) is 17.6 Å². The van der Waals surface area contributed by atoms with Crippen molar-refractivity contribution < 1.29 is 9.53 Å². The number of imidazole rings is 1. The molecule has 1 aromatic heterocycles. The SMILES string of the molecule is O=CNCCc1nc2ccccc2n1CCCOc1ccc(Cl)cc1. The molecule has 25 heavy (non-hydrogen) atoms. The van der Waals surface area contributed by atoms with Crippen molar-refractivity contribution in [2.24, 2.45) is 0 Å². The van der Waals surface area contributed by atoms with Crippen LogP contribution >= 0.6 is 11.6 Å². The van der Waals surface area contributed by atoms with Crippen molar-refractivity contribution in [2.75, 3.05) is 13.2 Å². The number of aryl methyl sites for hydroxylation is 1. The van der Waals surface area contributed by atoms with E-state index >= 15 is 0 Å². The number of benzene rings is 2. The third-order valence-electron chi connectivity index (χ3n) is 3.92. The number of carbonyl (C=O) groups excluding carboxylic acids is 1. The van der Waals surface area contributed by atoms with Gasteiger partial charge in [-0.1, -0.05) is 23.7 Å². The summed E-state index contributed by atoms with van der Waals surface area (Å²) in [5, 5.41) is 3.39. The molecule has 0 unspecified atom stereocenters. The van der Waals surface area contributed by atoms with Gasteiger partial charge in [-0.2, -0.15) is 0 Å². The molecule has 0 radical (unpaired) electrons. The zero-order valence-corrected chi connectivity index (χ0v) is 14.6. The van der Waals surface area contributed by atoms with E-state index in [1.165, 1.54) is 0 Å². The second kappa shape index (κ2) is 8.53. The molecule has 0 aliphatic heterocycles. The molecule has 0 spiro atoms. The molecular weight excluding hydrogens is 338 g/mol. The lowest BCUT2D eigenvalue weighted by atomic mass is 10.3. The quantitative estimate of drug-likeness (QED) is 0.471. The Hall–Kier alpha value is -2.53. The number of fused-ring (bicyclic) bond motifs is 1. The van der Waals surface area contributed by atoms with Crippen LogP contribution < -0.4 is 10.1 Å². The first-order chi connectivity index (χ1) is 12.3. The summed E-state index contributed by atoms with van der Waals surface area (Å²) in [7, 11) is 0. The van der Waals surface area contributed by atoms with Gasteiger partial charge in [0.15, 0.2) is 0 Å². The molecule has 3 rings (SSSR count). The molecule has 130 valence electrons. The Morgan fingerprint density at radius 3 is 2.76 bits per heavy atom. The smallest absolute Gasteiger partial charge is 0.207 e. The van der Waals surface area contributed by atoms with E-state index in [0.29, 0.717) is 31.0 Å². The highest BCUT2D eigenvalue weighted by Gasteiger charge is 2.09. The van der Waals surface area contributed by atoms with Gasteiger partial charge < -0.3 is 14.6 Å². The highest BCUT2D eigenvalue weighted by Crippen LogP contribution is 2.18. The van der Waals surface area contributed by atoms with Gasteiger partial charge in [-0.3, -0.25) is 4.79 Å². The number of hydrogen-bond acceptors (Lipinski definition) is 3. The maximum atomic E-state index is 10.5. The number of hydrogen-bond donors (Lipinski definition) is 1. The average molecular weight is 358 g/mol. The molecular formula is C19H20ClN3O2. The summed E-state index contributed by atoms with van der Waals surface area (Å²) < 4.78 is 7.96. The predicted octanol–water partition coefficient (Wildman–Crippen LogP) is 3.45. The topological polar surface area (TPSA) is 56.2 Å². The summed E-state index contributed by atoms with van der Waals surface area (Å²) in [6.45, 7) is 2.00. The van der Waals surface area contributed by atoms with Crippen molar-refractivity contribution in [3.05, 3.63) is 59.4 Å². The number of para-hydroxylation sites is 2. The summed E-state index contributed by atoms with van der Waals surface area (Å²) in [6, 6.07) is 15.4. The maximum Gasteiger partial charge on any atom is 0.207 e. The van der Waals surface area contributed by atoms with Crippen LogP contribution in [0.3, 0.4) is 0 Å². The number of amides is 1. The highest BCUT2D eigenvalue weighted by atomic mass is 35.5. The molecule has 0 aliphatic carbocycles. The van der Waals surface area contributed by atoms with Gasteiger partial charge >= 0.3 is 0 Å². The summed E-state index contributed by atoms with van der Waals surface area (Å²) in [4.78, 5) is 15.1. The lowest BCUT2D eigenvalue weighted by Crippen LogP contribution is -2.17. The maximum absolute atomic E-state index is 10.5. The monoisotopic (exact) mass is 357 g/mol. The molecule has 3 aromatic rings. The van der Waals surface area contributed by atoms with Gasteiger partial charge in [-0.15, -0.1) is 0 Å². The molecule has 1 N–H and O–H groups in total. The van der Waals surface area contributed by atoms with Crippen LogP contribution in [0, 0.1) is 0 Å². The van der Waals surface area contributed by atoms with E-state index in [0.717, 1.165) is 35.6 Å². The molecule has 0 bridgehead atoms. The Balaban J connectivity index is 1.63. The first kappa shape index (κ1) is 17.3. The zero-order valence-electron chi connectivity index (χ0n) is 13.8. The highest BCUT2D eigenvalue weighted by molar-refractivity contribution is 6.30. The Labute approximate surface area is 151 Å². The van der Waals surface area contributed by atoms with Gasteiger partial charge in [0, 0.05) is 24.5 Å². The van der Waals surface area contributed by atoms with Gasteiger partial charge in [0.25, 0.3) is 0 Å². The minimum absolute atomic E-state index is 0.577. The van der Waals surface area contributed by atoms with E-state index < -0.39 is 0 Å². The minimum atomic E-state index is 0.577. The summed E-state index contributed by atoms with van der Waals surface area (Å²) in [6.07, 6.45) is 2.27. The fourth-order valence-corrected chi connectivity index (χ4v) is 2.88. The Kier molecular flexibility index (Phi) is 5.90. The molecule has 5 nitrogen and oxygen atoms in total. The van der Waals surface area contributed by atoms with Crippen LogP contribution in [0.25, 0.3) is 11.0 Å². The third-order valence-corrected chi connectivity index (χ3v) is 4.17. The van der Waals surface area contributed by atoms with Crippen LogP contribution in [-0.2, 0) is 17.8 Å². The molecule has 1 amide bonds. The lowest BCUT2D eigenvalue weighted by Gasteiger charge is -2.10. The molecule has 0 saturated carbocycles. The van der Waals surface area contributed by atoms with Crippen molar-refractivity contribution in [2.45, 2.75) is 19.4 Å². The first-order valence-electron chi connectivity index (χ1n) is 8.27. The molecule has 0 saturated heterocycles. The Bertz CT molecular complexity index is 830. The van der Waals surface area contributed by atoms with Crippen molar-refractivity contribution in [3.8, 4) is 5.75 Å². The number of halogens is 1. The van der Waals surface area contributed by atoms with Crippen molar-refractivity contribution >= 4 is 29.0 Å². The summed E-state index contributed by atoms with van der Waals surface area (Å²) in [5.74, 6) is 1.79. The fourth-order valence-electron chi connectivity index (χ4n) is 2.75. The van der Waals surface area contributed by atoms with E-state index in [-0.39, 0.29) is 0 Å². The van der Waals surface area contributed by atoms with Gasteiger partial charge in [-0.25, -0.2) is 4.98 Å². The molecule has 1 heterocycles. The van der Waals surface area contributed by atoms with Crippen LogP contribution in [0.1, 0.15) is 12.2 Å². The lowest BCUT2D eigenvalue weighted by molar-refractivity contribution is -0.109. The van der Waals surface area contributed by atoms with Crippen LogP contribution in [0.15, 0.2) is 48.5 Å². The standard InChI is InChI=1S/C19H20ClN3O2/c20-15-6-8-16(9-7-15)25-13-3-12-23-18-5-2-1-4-17(18)22-19(23)10-11-21-14-24/h1-2,4-9,14H,3,10-13H2,(H,21,24). The minimum Gasteiger partial charge on any atom is -0.494 e. The van der Waals surface area contributed by atoms with Gasteiger partial charge in [0.2, 0.25) is 6.41 Å². The van der Waals surface area contributed by atoms with Crippen molar-refractivity contribution in [3.63, 3.8) is 0 Å². The van der Waals surface area contributed by atoms with Crippen molar-refractivity contribution in [1.82, 2.24) is 14.9 Å². The molecule has 6 heteroatoms. The number of carbonyl (C=O) groups is 1. The molecule has 0 aliphatic rings. The van der Waals surface area contributed by atoms with E-state index in [9.17, 15) is 4.79 Å². The van der Waals surface area contributed by atoms with E-state index in [4.69, 9.17) is 16.3 Å². The van der Waals surface area contributed by atoms with Crippen LogP contribution in [0.2, 0.25) is 5.02 Å². The third kappa shape index (κ3) is 4.51. The molecule has 2 aromatic carbocycles. The number of nitrogens with one attached hydrogen (secondary N) is 1. The van der Waals surface area contributed by atoms with E-state index in [1.54, 1.807) is 0 Å². The Morgan fingerprint density at radius 1 is 1.16 bits per heavy atom. The van der Waals surface area contributed by atoms with E-state index in [2.05, 4.69) is 20.9 Å². The van der Waals surface area contributed by atoms with Crippen molar-refractivity contribution in [1.29, 1.82) is 0 Å².